The summed E-state index contributed by atoms with van der Waals surface area (Å²) >= 11 is 4.94. The lowest BCUT2D eigenvalue weighted by Gasteiger charge is -2.00. The molecular weight excluding hydrogens is 300 g/mol. The normalized spacial score (nSPS) is 10.5. The number of aromatic nitrogens is 2. The van der Waals surface area contributed by atoms with Crippen molar-refractivity contribution in [2.75, 3.05) is 5.75 Å². The topological polar surface area (TPSA) is 34.9 Å². The van der Waals surface area contributed by atoms with Crippen molar-refractivity contribution in [1.82, 2.24) is 9.78 Å². The van der Waals surface area contributed by atoms with Gasteiger partial charge in [-0.05, 0) is 18.2 Å². The first-order valence-electron chi connectivity index (χ1n) is 5.05. The van der Waals surface area contributed by atoms with E-state index in [4.69, 9.17) is 0 Å². The molecule has 0 radical (unpaired) electrons. The van der Waals surface area contributed by atoms with Crippen LogP contribution in [-0.4, -0.2) is 21.3 Å². The van der Waals surface area contributed by atoms with Crippen molar-refractivity contribution in [1.29, 1.82) is 0 Å². The van der Waals surface area contributed by atoms with E-state index in [2.05, 4.69) is 21.0 Å². The lowest BCUT2D eigenvalue weighted by atomic mass is 10.3. The first-order chi connectivity index (χ1) is 8.15. The third-order valence-corrected chi connectivity index (χ3v) is 3.68. The number of halogens is 1. The fourth-order valence-electron chi connectivity index (χ4n) is 1.35. The van der Waals surface area contributed by atoms with E-state index in [1.807, 2.05) is 24.3 Å². The van der Waals surface area contributed by atoms with Gasteiger partial charge in [0.2, 0.25) is 0 Å². The number of thioether (sulfide) groups is 1. The Morgan fingerprint density at radius 1 is 1.53 bits per heavy atom. The van der Waals surface area contributed by atoms with Crippen LogP contribution in [-0.2, 0) is 7.05 Å². The van der Waals surface area contributed by atoms with Crippen molar-refractivity contribution >= 4 is 33.5 Å². The SMILES string of the molecule is Cn1cc(C(=O)CSc2cccc(Br)c2)cn1. The largest absolute Gasteiger partial charge is 0.293 e. The van der Waals surface area contributed by atoms with Crippen LogP contribution >= 0.6 is 27.7 Å². The second kappa shape index (κ2) is 5.51. The predicted molar refractivity (Wildman–Crippen MR) is 72.4 cm³/mol. The fraction of sp³-hybridized carbons (Fsp3) is 0.167. The number of carbonyl (C=O) groups excluding carboxylic acids is 1. The first kappa shape index (κ1) is 12.4. The van der Waals surface area contributed by atoms with E-state index in [0.717, 1.165) is 9.37 Å². The third-order valence-electron chi connectivity index (χ3n) is 2.19. The molecule has 1 aromatic carbocycles. The van der Waals surface area contributed by atoms with E-state index in [0.29, 0.717) is 11.3 Å². The number of rotatable bonds is 4. The number of ketones is 1. The van der Waals surface area contributed by atoms with Gasteiger partial charge in [-0.2, -0.15) is 5.10 Å². The number of aryl methyl sites for hydroxylation is 1. The van der Waals surface area contributed by atoms with Gasteiger partial charge in [0.25, 0.3) is 0 Å². The highest BCUT2D eigenvalue weighted by Gasteiger charge is 2.08. The van der Waals surface area contributed by atoms with Gasteiger partial charge in [0, 0.05) is 22.6 Å². The number of hydrogen-bond acceptors (Lipinski definition) is 3. The summed E-state index contributed by atoms with van der Waals surface area (Å²) in [5.41, 5.74) is 0.662. The zero-order valence-electron chi connectivity index (χ0n) is 9.26. The minimum absolute atomic E-state index is 0.100. The molecule has 0 amide bonds. The molecule has 0 bridgehead atoms. The predicted octanol–water partition coefficient (Wildman–Crippen LogP) is 3.16. The summed E-state index contributed by atoms with van der Waals surface area (Å²) in [5, 5.41) is 3.99. The summed E-state index contributed by atoms with van der Waals surface area (Å²) in [6.45, 7) is 0. The molecule has 5 heteroatoms. The molecule has 0 fully saturated rings. The monoisotopic (exact) mass is 310 g/mol. The maximum Gasteiger partial charge on any atom is 0.176 e. The van der Waals surface area contributed by atoms with Crippen LogP contribution in [0.15, 0.2) is 46.0 Å². The van der Waals surface area contributed by atoms with Gasteiger partial charge in [0.1, 0.15) is 0 Å². The molecule has 1 heterocycles. The van der Waals surface area contributed by atoms with Gasteiger partial charge in [0.15, 0.2) is 5.78 Å². The summed E-state index contributed by atoms with van der Waals surface area (Å²) in [7, 11) is 1.80. The highest BCUT2D eigenvalue weighted by Crippen LogP contribution is 2.22. The standard InChI is InChI=1S/C12H11BrN2OS/c1-15-7-9(6-14-15)12(16)8-17-11-4-2-3-10(13)5-11/h2-7H,8H2,1H3. The highest BCUT2D eigenvalue weighted by molar-refractivity contribution is 9.10. The molecule has 0 atom stereocenters. The smallest absolute Gasteiger partial charge is 0.176 e. The van der Waals surface area contributed by atoms with E-state index >= 15 is 0 Å². The van der Waals surface area contributed by atoms with Crippen LogP contribution in [0.3, 0.4) is 0 Å². The van der Waals surface area contributed by atoms with Crippen molar-refractivity contribution < 1.29 is 4.79 Å². The van der Waals surface area contributed by atoms with Gasteiger partial charge in [0.05, 0.1) is 17.5 Å². The van der Waals surface area contributed by atoms with E-state index in [1.54, 1.807) is 24.1 Å². The van der Waals surface area contributed by atoms with Crippen LogP contribution in [0.25, 0.3) is 0 Å². The second-order valence-corrected chi connectivity index (χ2v) is 5.54. The molecule has 2 aromatic rings. The minimum atomic E-state index is 0.100. The van der Waals surface area contributed by atoms with Crippen LogP contribution in [0.1, 0.15) is 10.4 Å². The molecule has 0 saturated carbocycles. The molecule has 0 unspecified atom stereocenters. The lowest BCUT2D eigenvalue weighted by Crippen LogP contribution is -2.00. The van der Waals surface area contributed by atoms with Crippen molar-refractivity contribution in [3.05, 3.63) is 46.7 Å². The molecule has 0 aliphatic carbocycles. The van der Waals surface area contributed by atoms with Crippen molar-refractivity contribution in [3.63, 3.8) is 0 Å². The van der Waals surface area contributed by atoms with Crippen LogP contribution in [0.4, 0.5) is 0 Å². The number of hydrogen-bond donors (Lipinski definition) is 0. The zero-order chi connectivity index (χ0) is 12.3. The average molecular weight is 311 g/mol. The molecule has 3 nitrogen and oxygen atoms in total. The van der Waals surface area contributed by atoms with E-state index < -0.39 is 0 Å². The molecule has 0 aliphatic rings. The van der Waals surface area contributed by atoms with Crippen molar-refractivity contribution in [2.24, 2.45) is 7.05 Å². The maximum atomic E-state index is 11.8. The Bertz CT molecular complexity index is 539. The Morgan fingerprint density at radius 2 is 2.35 bits per heavy atom. The molecule has 0 saturated heterocycles. The van der Waals surface area contributed by atoms with Crippen LogP contribution < -0.4 is 0 Å². The van der Waals surface area contributed by atoms with Crippen molar-refractivity contribution in [2.45, 2.75) is 4.90 Å². The van der Waals surface area contributed by atoms with E-state index in [9.17, 15) is 4.79 Å². The average Bonchev–Trinajstić information content (AvgIpc) is 2.73. The van der Waals surface area contributed by atoms with Gasteiger partial charge in [-0.15, -0.1) is 11.8 Å². The van der Waals surface area contributed by atoms with E-state index in [1.165, 1.54) is 11.8 Å². The molecule has 0 N–H and O–H groups in total. The Kier molecular flexibility index (Phi) is 4.02. The number of carbonyl (C=O) groups is 1. The van der Waals surface area contributed by atoms with Gasteiger partial charge < -0.3 is 0 Å². The van der Waals surface area contributed by atoms with Gasteiger partial charge >= 0.3 is 0 Å². The minimum Gasteiger partial charge on any atom is -0.293 e. The number of nitrogens with zero attached hydrogens (tertiary/aromatic N) is 2. The van der Waals surface area contributed by atoms with Gasteiger partial charge in [-0.3, -0.25) is 9.48 Å². The van der Waals surface area contributed by atoms with E-state index in [-0.39, 0.29) is 5.78 Å². The summed E-state index contributed by atoms with van der Waals surface area (Å²) < 4.78 is 2.66. The Morgan fingerprint density at radius 3 is 3.00 bits per heavy atom. The fourth-order valence-corrected chi connectivity index (χ4v) is 2.75. The third kappa shape index (κ3) is 3.44. The summed E-state index contributed by atoms with van der Waals surface area (Å²) in [6, 6.07) is 7.92. The summed E-state index contributed by atoms with van der Waals surface area (Å²) in [4.78, 5) is 12.9. The Balaban J connectivity index is 1.97. The molecule has 1 aromatic heterocycles. The first-order valence-corrected chi connectivity index (χ1v) is 6.83. The zero-order valence-corrected chi connectivity index (χ0v) is 11.7. The molecule has 0 aliphatic heterocycles. The summed E-state index contributed by atoms with van der Waals surface area (Å²) in [6.07, 6.45) is 3.34. The lowest BCUT2D eigenvalue weighted by molar-refractivity contribution is 0.102. The number of benzene rings is 1. The van der Waals surface area contributed by atoms with Gasteiger partial charge in [-0.1, -0.05) is 22.0 Å². The second-order valence-electron chi connectivity index (χ2n) is 3.57. The number of Topliss-reactive ketones (excluding diaryl/α,β-unsaturated/α-hetero) is 1. The Hall–Kier alpha value is -1.07. The molecule has 88 valence electrons. The maximum absolute atomic E-state index is 11.8. The van der Waals surface area contributed by atoms with Crippen LogP contribution in [0, 0.1) is 0 Å². The van der Waals surface area contributed by atoms with Gasteiger partial charge in [-0.25, -0.2) is 0 Å². The molecule has 0 spiro atoms. The van der Waals surface area contributed by atoms with Crippen LogP contribution in [0.2, 0.25) is 0 Å². The molecule has 17 heavy (non-hydrogen) atoms. The quantitative estimate of drug-likeness (QED) is 0.642. The Labute approximate surface area is 112 Å². The molecular formula is C12H11BrN2OS. The summed E-state index contributed by atoms with van der Waals surface area (Å²) in [5.74, 6) is 0.533. The van der Waals surface area contributed by atoms with Crippen molar-refractivity contribution in [3.8, 4) is 0 Å². The van der Waals surface area contributed by atoms with Crippen LogP contribution in [0.5, 0.6) is 0 Å². The highest BCUT2D eigenvalue weighted by atomic mass is 79.9. The molecule has 2 rings (SSSR count).